The van der Waals surface area contributed by atoms with Gasteiger partial charge in [-0.3, -0.25) is 29.4 Å². The summed E-state index contributed by atoms with van der Waals surface area (Å²) >= 11 is 0. The maximum absolute atomic E-state index is 13.1. The summed E-state index contributed by atoms with van der Waals surface area (Å²) in [5, 5.41) is 74.0. The van der Waals surface area contributed by atoms with E-state index in [1.165, 1.54) is 55.0 Å². The lowest BCUT2D eigenvalue weighted by molar-refractivity contribution is 0.0928. The zero-order valence-electron chi connectivity index (χ0n) is 44.7. The Morgan fingerprint density at radius 2 is 0.585 bits per heavy atom. The van der Waals surface area contributed by atoms with Crippen molar-refractivity contribution in [2.75, 3.05) is 4.90 Å². The van der Waals surface area contributed by atoms with E-state index < -0.39 is 52.2 Å². The Morgan fingerprint density at radius 1 is 0.341 bits per heavy atom. The van der Waals surface area contributed by atoms with Gasteiger partial charge < -0.3 is 51.5 Å². The topological polar surface area (TPSA) is 249 Å². The highest BCUT2D eigenvalue weighted by atomic mass is 16.3. The lowest BCUT2D eigenvalue weighted by Crippen LogP contribution is -2.26. The van der Waals surface area contributed by atoms with Crippen LogP contribution in [0.3, 0.4) is 0 Å². The molecule has 0 unspecified atom stereocenters. The van der Waals surface area contributed by atoms with Crippen LogP contribution >= 0.6 is 0 Å². The molecule has 3 atom stereocenters. The first kappa shape index (κ1) is 55.7. The average Bonchev–Trinajstić information content (AvgIpc) is 3.69. The van der Waals surface area contributed by atoms with E-state index in [0.717, 1.165) is 16.7 Å². The molecular formula is C66H57N7O9. The molecule has 0 aromatic heterocycles. The van der Waals surface area contributed by atoms with Gasteiger partial charge in [0, 0.05) is 52.4 Å². The molecule has 0 saturated heterocycles. The number of nitrogens with one attached hydrogen (secondary N) is 3. The van der Waals surface area contributed by atoms with E-state index in [1.807, 2.05) is 153 Å². The first-order valence-corrected chi connectivity index (χ1v) is 26.1. The van der Waals surface area contributed by atoms with Crippen molar-refractivity contribution in [3.63, 3.8) is 0 Å². The molecule has 16 nitrogen and oxygen atoms in total. The van der Waals surface area contributed by atoms with E-state index >= 15 is 0 Å². The van der Waals surface area contributed by atoms with Gasteiger partial charge in [0.25, 0.3) is 17.7 Å². The van der Waals surface area contributed by atoms with Crippen LogP contribution in [0.2, 0.25) is 0 Å². The number of carbonyl (C=O) groups is 3. The number of aromatic hydroxyl groups is 6. The molecule has 9 aromatic rings. The molecule has 9 N–H and O–H groups in total. The van der Waals surface area contributed by atoms with Crippen molar-refractivity contribution < 1.29 is 45.0 Å². The Hall–Kier alpha value is -11.0. The number of nitrogens with zero attached hydrogens (tertiary/aromatic N) is 4. The lowest BCUT2D eigenvalue weighted by atomic mass is 10.1. The van der Waals surface area contributed by atoms with Crippen LogP contribution in [-0.2, 0) is 0 Å². The van der Waals surface area contributed by atoms with E-state index in [4.69, 9.17) is 0 Å². The van der Waals surface area contributed by atoms with Gasteiger partial charge in [0.1, 0.15) is 0 Å². The van der Waals surface area contributed by atoms with Crippen LogP contribution in [0.4, 0.5) is 34.1 Å². The average molecular weight is 1090 g/mol. The number of phenols is 6. The summed E-state index contributed by atoms with van der Waals surface area (Å²) in [6.07, 6.45) is 4.15. The Morgan fingerprint density at radius 3 is 0.829 bits per heavy atom. The molecule has 410 valence electrons. The van der Waals surface area contributed by atoms with Crippen molar-refractivity contribution in [1.29, 1.82) is 0 Å². The molecule has 0 heterocycles. The van der Waals surface area contributed by atoms with E-state index in [2.05, 4.69) is 30.9 Å². The summed E-state index contributed by atoms with van der Waals surface area (Å²) in [6.45, 7) is 5.46. The monoisotopic (exact) mass is 1090 g/mol. The number of aliphatic imine (C=N–C) groups is 3. The van der Waals surface area contributed by atoms with Crippen molar-refractivity contribution in [1.82, 2.24) is 16.0 Å². The molecule has 0 bridgehead atoms. The van der Waals surface area contributed by atoms with Crippen molar-refractivity contribution in [2.45, 2.75) is 38.9 Å². The number of anilines is 3. The SMILES string of the molecule is C[C@H](NC(=O)c1ccc(C=Nc2ccc(N(c3ccc(N=Cc4ccc(C(=O)N[C@@H](C)c5ccccc5)c(O)c4O)cc3)c3ccc(N=Cc4ccc(C(=O)N[C@@H](C)c5ccccc5)c(O)c4O)cc3)cc2)c(O)c1O)c1ccccc1. The lowest BCUT2D eigenvalue weighted by Gasteiger charge is -2.25. The molecule has 9 aromatic carbocycles. The minimum atomic E-state index is -0.579. The molecule has 0 saturated carbocycles. The zero-order valence-corrected chi connectivity index (χ0v) is 44.7. The van der Waals surface area contributed by atoms with Crippen molar-refractivity contribution in [3.05, 3.63) is 250 Å². The molecule has 0 fully saturated rings. The molecule has 0 spiro atoms. The number of amides is 3. The van der Waals surface area contributed by atoms with Gasteiger partial charge in [-0.05, 0) is 147 Å². The van der Waals surface area contributed by atoms with E-state index in [1.54, 1.807) is 36.4 Å². The van der Waals surface area contributed by atoms with Crippen LogP contribution in [0.25, 0.3) is 0 Å². The standard InChI is InChI=1S/C66H57N7O9/c1-40(43-13-7-4-8-14-43)70-64(80)55-34-19-46(58(74)61(55)77)37-67-49-22-28-52(29-23-49)73(53-30-24-50(25-31-53)68-38-47-20-35-56(62(78)59(47)75)65(81)71-41(2)44-15-9-5-10-16-44)54-32-26-51(27-33-54)69-39-48-21-36-57(63(79)60(48)76)66(82)72-42(3)45-17-11-6-12-18-45/h4-42,74-79H,1-3H3,(H,70,80)(H,71,81)(H,72,82)/t40-,41-,42-/m0/s1. The minimum absolute atomic E-state index is 0.0929. The number of hydrogen-bond donors (Lipinski definition) is 9. The van der Waals surface area contributed by atoms with Crippen LogP contribution in [0.5, 0.6) is 34.5 Å². The van der Waals surface area contributed by atoms with E-state index in [0.29, 0.717) is 34.1 Å². The smallest absolute Gasteiger partial charge is 0.255 e. The number of carbonyl (C=O) groups excluding carboxylic acids is 3. The van der Waals surface area contributed by atoms with E-state index in [9.17, 15) is 45.0 Å². The normalized spacial score (nSPS) is 12.5. The van der Waals surface area contributed by atoms with Gasteiger partial charge in [0.05, 0.1) is 51.9 Å². The van der Waals surface area contributed by atoms with Crippen molar-refractivity contribution in [2.24, 2.45) is 15.0 Å². The van der Waals surface area contributed by atoms with Crippen LogP contribution in [0.15, 0.2) is 215 Å². The Kier molecular flexibility index (Phi) is 17.1. The largest absolute Gasteiger partial charge is 0.504 e. The second kappa shape index (κ2) is 25.2. The van der Waals surface area contributed by atoms with Gasteiger partial charge in [-0.15, -0.1) is 0 Å². The van der Waals surface area contributed by atoms with Crippen LogP contribution in [-0.4, -0.2) is 67.0 Å². The summed E-state index contributed by atoms with van der Waals surface area (Å²) in [4.78, 5) is 54.9. The molecule has 9 rings (SSSR count). The third-order valence-corrected chi connectivity index (χ3v) is 13.6. The summed E-state index contributed by atoms with van der Waals surface area (Å²) in [7, 11) is 0. The second-order valence-electron chi connectivity index (χ2n) is 19.2. The summed E-state index contributed by atoms with van der Waals surface area (Å²) in [5.74, 6) is -4.92. The quantitative estimate of drug-likeness (QED) is 0.0290. The van der Waals surface area contributed by atoms with Crippen molar-refractivity contribution >= 4 is 70.5 Å². The maximum atomic E-state index is 13.1. The van der Waals surface area contributed by atoms with Crippen LogP contribution in [0.1, 0.15) is 103 Å². The molecule has 0 radical (unpaired) electrons. The fraction of sp³-hybridized carbons (Fsp3) is 0.0909. The molecule has 0 aliphatic carbocycles. The highest BCUT2D eigenvalue weighted by Crippen LogP contribution is 2.39. The molecule has 3 amide bonds. The minimum Gasteiger partial charge on any atom is -0.504 e. The highest BCUT2D eigenvalue weighted by Gasteiger charge is 2.23. The van der Waals surface area contributed by atoms with Gasteiger partial charge in [-0.1, -0.05) is 91.0 Å². The third kappa shape index (κ3) is 12.9. The predicted molar refractivity (Wildman–Crippen MR) is 319 cm³/mol. The summed E-state index contributed by atoms with van der Waals surface area (Å²) in [5.41, 5.74) is 6.53. The van der Waals surface area contributed by atoms with E-state index in [-0.39, 0.29) is 51.5 Å². The number of phenolic OH excluding ortho intramolecular Hbond substituents is 6. The first-order chi connectivity index (χ1) is 39.6. The first-order valence-electron chi connectivity index (χ1n) is 26.1. The Bertz CT molecular complexity index is 3440. The Labute approximate surface area is 473 Å². The second-order valence-corrected chi connectivity index (χ2v) is 19.2. The Balaban J connectivity index is 0.941. The van der Waals surface area contributed by atoms with Gasteiger partial charge >= 0.3 is 0 Å². The number of benzene rings is 9. The van der Waals surface area contributed by atoms with Crippen LogP contribution in [0, 0.1) is 0 Å². The molecule has 0 aliphatic heterocycles. The number of hydrogen-bond acceptors (Lipinski definition) is 13. The summed E-state index contributed by atoms with van der Waals surface area (Å²) in [6, 6.07) is 57.4. The third-order valence-electron chi connectivity index (χ3n) is 13.6. The zero-order chi connectivity index (χ0) is 57.9. The fourth-order valence-corrected chi connectivity index (χ4v) is 8.89. The molecule has 16 heteroatoms. The van der Waals surface area contributed by atoms with Gasteiger partial charge in [0.15, 0.2) is 34.5 Å². The van der Waals surface area contributed by atoms with Crippen LogP contribution < -0.4 is 20.9 Å². The number of rotatable bonds is 18. The fourth-order valence-electron chi connectivity index (χ4n) is 8.89. The van der Waals surface area contributed by atoms with Gasteiger partial charge in [-0.2, -0.15) is 0 Å². The predicted octanol–water partition coefficient (Wildman–Crippen LogP) is 13.1. The molecule has 0 aliphatic rings. The molecular weight excluding hydrogens is 1030 g/mol. The van der Waals surface area contributed by atoms with Crippen molar-refractivity contribution in [3.8, 4) is 34.5 Å². The maximum Gasteiger partial charge on any atom is 0.255 e. The highest BCUT2D eigenvalue weighted by molar-refractivity contribution is 6.02. The molecule has 82 heavy (non-hydrogen) atoms. The van der Waals surface area contributed by atoms with Gasteiger partial charge in [0.2, 0.25) is 0 Å². The summed E-state index contributed by atoms with van der Waals surface area (Å²) < 4.78 is 0. The van der Waals surface area contributed by atoms with Gasteiger partial charge in [-0.25, -0.2) is 0 Å².